The van der Waals surface area contributed by atoms with Crippen LogP contribution in [-0.4, -0.2) is 32.3 Å². The predicted molar refractivity (Wildman–Crippen MR) is 75.4 cm³/mol. The minimum Gasteiger partial charge on any atom is -0.484 e. The molecule has 108 valence electrons. The molecule has 0 unspecified atom stereocenters. The van der Waals surface area contributed by atoms with E-state index in [0.717, 1.165) is 19.4 Å². The minimum atomic E-state index is -0.187. The maximum absolute atomic E-state index is 11.5. The highest BCUT2D eigenvalue weighted by Crippen LogP contribution is 2.10. The summed E-state index contributed by atoms with van der Waals surface area (Å²) in [5.74, 6) is 0.381. The van der Waals surface area contributed by atoms with Crippen LogP contribution in [0.25, 0.3) is 0 Å². The van der Waals surface area contributed by atoms with Crippen LogP contribution in [0.4, 0.5) is 0 Å². The van der Waals surface area contributed by atoms with Gasteiger partial charge in [0.1, 0.15) is 5.75 Å². The molecule has 0 aromatic heterocycles. The Morgan fingerprint density at radius 2 is 2.05 bits per heavy atom. The second-order valence-electron chi connectivity index (χ2n) is 4.24. The molecule has 1 rings (SSSR count). The number of ether oxygens (including phenoxy) is 2. The van der Waals surface area contributed by atoms with Crippen LogP contribution >= 0.6 is 0 Å². The zero-order valence-electron chi connectivity index (χ0n) is 11.7. The quantitative estimate of drug-likeness (QED) is 0.699. The first-order chi connectivity index (χ1) is 9.76. The van der Waals surface area contributed by atoms with E-state index < -0.39 is 0 Å². The van der Waals surface area contributed by atoms with Gasteiger partial charge in [0.25, 0.3) is 5.91 Å². The number of nitriles is 1. The van der Waals surface area contributed by atoms with Gasteiger partial charge >= 0.3 is 0 Å². The fraction of sp³-hybridized carbons (Fsp3) is 0.467. The lowest BCUT2D eigenvalue weighted by Gasteiger charge is -2.08. The summed E-state index contributed by atoms with van der Waals surface area (Å²) in [6, 6.07) is 8.65. The van der Waals surface area contributed by atoms with Crippen molar-refractivity contribution >= 4 is 5.91 Å². The Kier molecular flexibility index (Phi) is 7.85. The summed E-state index contributed by atoms with van der Waals surface area (Å²) in [7, 11) is 0. The molecule has 0 aliphatic carbocycles. The molecule has 0 bridgehead atoms. The molecule has 0 aliphatic heterocycles. The molecule has 0 aliphatic rings. The number of hydrogen-bond donors (Lipinski definition) is 1. The van der Waals surface area contributed by atoms with Gasteiger partial charge in [0, 0.05) is 13.2 Å². The maximum Gasteiger partial charge on any atom is 0.258 e. The van der Waals surface area contributed by atoms with Crippen LogP contribution < -0.4 is 10.1 Å². The second-order valence-corrected chi connectivity index (χ2v) is 4.24. The molecule has 1 N–H and O–H groups in total. The van der Waals surface area contributed by atoms with Crippen LogP contribution in [0.15, 0.2) is 24.3 Å². The lowest BCUT2D eigenvalue weighted by molar-refractivity contribution is -0.123. The van der Waals surface area contributed by atoms with E-state index in [0.29, 0.717) is 24.5 Å². The largest absolute Gasteiger partial charge is 0.484 e. The van der Waals surface area contributed by atoms with Crippen molar-refractivity contribution in [2.24, 2.45) is 0 Å². The highest BCUT2D eigenvalue weighted by atomic mass is 16.5. The molecular formula is C15H20N2O3. The number of carbonyl (C=O) groups is 1. The first-order valence-electron chi connectivity index (χ1n) is 6.73. The van der Waals surface area contributed by atoms with Gasteiger partial charge in [-0.2, -0.15) is 5.26 Å². The van der Waals surface area contributed by atoms with E-state index in [1.165, 1.54) is 0 Å². The van der Waals surface area contributed by atoms with Gasteiger partial charge in [-0.25, -0.2) is 0 Å². The fourth-order valence-corrected chi connectivity index (χ4v) is 1.44. The summed E-state index contributed by atoms with van der Waals surface area (Å²) in [5.41, 5.74) is 0.561. The van der Waals surface area contributed by atoms with E-state index in [1.807, 2.05) is 6.07 Å². The smallest absolute Gasteiger partial charge is 0.258 e. The van der Waals surface area contributed by atoms with Gasteiger partial charge in [-0.05, 0) is 30.7 Å². The average Bonchev–Trinajstić information content (AvgIpc) is 2.49. The number of nitrogens with one attached hydrogen (secondary N) is 1. The molecule has 0 heterocycles. The summed E-state index contributed by atoms with van der Waals surface area (Å²) in [4.78, 5) is 11.5. The van der Waals surface area contributed by atoms with Gasteiger partial charge in [-0.15, -0.1) is 0 Å². The standard InChI is InChI=1S/C15H20N2O3/c1-2-3-9-19-10-8-17-15(18)12-20-14-6-4-13(11-16)5-7-14/h4-7H,2-3,8-10,12H2,1H3,(H,17,18). The van der Waals surface area contributed by atoms with Crippen LogP contribution in [0.3, 0.4) is 0 Å². The molecular weight excluding hydrogens is 256 g/mol. The van der Waals surface area contributed by atoms with Crippen molar-refractivity contribution in [3.05, 3.63) is 29.8 Å². The van der Waals surface area contributed by atoms with Crippen molar-refractivity contribution in [3.8, 4) is 11.8 Å². The summed E-state index contributed by atoms with van der Waals surface area (Å²) in [5, 5.41) is 11.4. The average molecular weight is 276 g/mol. The summed E-state index contributed by atoms with van der Waals surface area (Å²) in [6.45, 7) is 3.79. The summed E-state index contributed by atoms with van der Waals surface area (Å²) in [6.07, 6.45) is 2.14. The Labute approximate surface area is 119 Å². The fourth-order valence-electron chi connectivity index (χ4n) is 1.44. The number of rotatable bonds is 9. The Morgan fingerprint density at radius 1 is 1.30 bits per heavy atom. The van der Waals surface area contributed by atoms with Crippen LogP contribution in [0, 0.1) is 11.3 Å². The van der Waals surface area contributed by atoms with Crippen LogP contribution in [0.5, 0.6) is 5.75 Å². The number of benzene rings is 1. The molecule has 0 radical (unpaired) electrons. The highest BCUT2D eigenvalue weighted by Gasteiger charge is 2.02. The van der Waals surface area contributed by atoms with E-state index in [1.54, 1.807) is 24.3 Å². The van der Waals surface area contributed by atoms with E-state index in [2.05, 4.69) is 12.2 Å². The molecule has 5 heteroatoms. The van der Waals surface area contributed by atoms with Crippen molar-refractivity contribution < 1.29 is 14.3 Å². The first-order valence-corrected chi connectivity index (χ1v) is 6.73. The van der Waals surface area contributed by atoms with Crippen molar-refractivity contribution in [2.45, 2.75) is 19.8 Å². The van der Waals surface area contributed by atoms with E-state index in [9.17, 15) is 4.79 Å². The Hall–Kier alpha value is -2.06. The lowest BCUT2D eigenvalue weighted by atomic mass is 10.2. The van der Waals surface area contributed by atoms with Gasteiger partial charge in [-0.1, -0.05) is 13.3 Å². The summed E-state index contributed by atoms with van der Waals surface area (Å²) >= 11 is 0. The molecule has 1 aromatic rings. The number of nitrogens with zero attached hydrogens (tertiary/aromatic N) is 1. The van der Waals surface area contributed by atoms with Crippen molar-refractivity contribution in [2.75, 3.05) is 26.4 Å². The number of hydrogen-bond acceptors (Lipinski definition) is 4. The van der Waals surface area contributed by atoms with Crippen molar-refractivity contribution in [3.63, 3.8) is 0 Å². The topological polar surface area (TPSA) is 71.3 Å². The number of unbranched alkanes of at least 4 members (excludes halogenated alkanes) is 1. The lowest BCUT2D eigenvalue weighted by Crippen LogP contribution is -2.31. The minimum absolute atomic E-state index is 0.0408. The third-order valence-corrected chi connectivity index (χ3v) is 2.56. The molecule has 0 atom stereocenters. The Bertz CT molecular complexity index is 437. The molecule has 1 amide bonds. The normalized spacial score (nSPS) is 9.80. The van der Waals surface area contributed by atoms with E-state index in [-0.39, 0.29) is 12.5 Å². The molecule has 0 spiro atoms. The zero-order chi connectivity index (χ0) is 14.6. The highest BCUT2D eigenvalue weighted by molar-refractivity contribution is 5.77. The van der Waals surface area contributed by atoms with Crippen molar-refractivity contribution in [1.29, 1.82) is 5.26 Å². The Balaban J connectivity index is 2.11. The van der Waals surface area contributed by atoms with Gasteiger partial charge in [0.2, 0.25) is 0 Å². The molecule has 1 aromatic carbocycles. The molecule has 20 heavy (non-hydrogen) atoms. The molecule has 0 saturated carbocycles. The monoisotopic (exact) mass is 276 g/mol. The predicted octanol–water partition coefficient (Wildman–Crippen LogP) is 1.87. The summed E-state index contributed by atoms with van der Waals surface area (Å²) < 4.78 is 10.6. The van der Waals surface area contributed by atoms with E-state index >= 15 is 0 Å². The van der Waals surface area contributed by atoms with Gasteiger partial charge < -0.3 is 14.8 Å². The second kappa shape index (κ2) is 9.82. The SMILES string of the molecule is CCCCOCCNC(=O)COc1ccc(C#N)cc1. The third kappa shape index (κ3) is 6.76. The van der Waals surface area contributed by atoms with Crippen LogP contribution in [-0.2, 0) is 9.53 Å². The zero-order valence-corrected chi connectivity index (χ0v) is 11.7. The Morgan fingerprint density at radius 3 is 2.70 bits per heavy atom. The first kappa shape index (κ1) is 16.0. The number of amides is 1. The van der Waals surface area contributed by atoms with Crippen LogP contribution in [0.2, 0.25) is 0 Å². The van der Waals surface area contributed by atoms with Gasteiger partial charge in [0.05, 0.1) is 18.2 Å². The van der Waals surface area contributed by atoms with Crippen molar-refractivity contribution in [1.82, 2.24) is 5.32 Å². The van der Waals surface area contributed by atoms with E-state index in [4.69, 9.17) is 14.7 Å². The molecule has 0 saturated heterocycles. The number of carbonyl (C=O) groups excluding carboxylic acids is 1. The molecule has 5 nitrogen and oxygen atoms in total. The maximum atomic E-state index is 11.5. The van der Waals surface area contributed by atoms with Gasteiger partial charge in [0.15, 0.2) is 6.61 Å². The third-order valence-electron chi connectivity index (χ3n) is 2.56. The van der Waals surface area contributed by atoms with Gasteiger partial charge in [-0.3, -0.25) is 4.79 Å². The molecule has 0 fully saturated rings. The van der Waals surface area contributed by atoms with Crippen LogP contribution in [0.1, 0.15) is 25.3 Å².